The standard InChI is InChI=1S/C20H31N5O/c1-5-21-20(22-13-17-14-23(2)10-11-24(17)3)25(4)15-18-12-16-8-6-7-9-19(16)26-18/h6-9,12,17H,5,10-11,13-15H2,1-4H3,(H,21,22). The van der Waals surface area contributed by atoms with E-state index >= 15 is 0 Å². The lowest BCUT2D eigenvalue weighted by molar-refractivity contribution is 0.119. The summed E-state index contributed by atoms with van der Waals surface area (Å²) in [4.78, 5) is 11.8. The van der Waals surface area contributed by atoms with E-state index in [1.54, 1.807) is 0 Å². The first-order valence-corrected chi connectivity index (χ1v) is 9.42. The first-order chi connectivity index (χ1) is 12.6. The number of furan rings is 1. The molecule has 0 spiro atoms. The maximum atomic E-state index is 5.95. The maximum Gasteiger partial charge on any atom is 0.194 e. The number of benzene rings is 1. The number of fused-ring (bicyclic) bond motifs is 1. The molecule has 1 aliphatic heterocycles. The molecule has 1 aromatic heterocycles. The summed E-state index contributed by atoms with van der Waals surface area (Å²) >= 11 is 0. The van der Waals surface area contributed by atoms with Gasteiger partial charge in [0.2, 0.25) is 0 Å². The van der Waals surface area contributed by atoms with Crippen molar-refractivity contribution in [3.8, 4) is 0 Å². The third-order valence-corrected chi connectivity index (χ3v) is 5.00. The Morgan fingerprint density at radius 2 is 2.12 bits per heavy atom. The first kappa shape index (κ1) is 18.7. The Morgan fingerprint density at radius 3 is 2.88 bits per heavy atom. The maximum absolute atomic E-state index is 5.95. The summed E-state index contributed by atoms with van der Waals surface area (Å²) in [6, 6.07) is 10.7. The van der Waals surface area contributed by atoms with Crippen molar-refractivity contribution in [2.75, 3.05) is 53.9 Å². The van der Waals surface area contributed by atoms with E-state index in [0.29, 0.717) is 12.6 Å². The van der Waals surface area contributed by atoms with Crippen molar-refractivity contribution in [2.45, 2.75) is 19.5 Å². The number of piperazine rings is 1. The third-order valence-electron chi connectivity index (χ3n) is 5.00. The van der Waals surface area contributed by atoms with Crippen LogP contribution in [0.5, 0.6) is 0 Å². The molecule has 0 aliphatic carbocycles. The average Bonchev–Trinajstić information content (AvgIpc) is 3.03. The molecule has 0 saturated carbocycles. The van der Waals surface area contributed by atoms with E-state index in [1.165, 1.54) is 0 Å². The van der Waals surface area contributed by atoms with Crippen LogP contribution in [0, 0.1) is 0 Å². The molecule has 1 saturated heterocycles. The normalized spacial score (nSPS) is 19.8. The Bertz CT molecular complexity index is 708. The zero-order valence-corrected chi connectivity index (χ0v) is 16.4. The molecule has 142 valence electrons. The van der Waals surface area contributed by atoms with Crippen LogP contribution in [0.3, 0.4) is 0 Å². The fourth-order valence-electron chi connectivity index (χ4n) is 3.38. The number of nitrogens with zero attached hydrogens (tertiary/aromatic N) is 4. The number of hydrogen-bond acceptors (Lipinski definition) is 4. The molecule has 6 nitrogen and oxygen atoms in total. The van der Waals surface area contributed by atoms with Crippen LogP contribution in [0.2, 0.25) is 0 Å². The van der Waals surface area contributed by atoms with Crippen LogP contribution >= 0.6 is 0 Å². The predicted molar refractivity (Wildman–Crippen MR) is 108 cm³/mol. The van der Waals surface area contributed by atoms with Crippen molar-refractivity contribution >= 4 is 16.9 Å². The van der Waals surface area contributed by atoms with Crippen molar-refractivity contribution in [1.82, 2.24) is 20.0 Å². The number of rotatable bonds is 5. The molecule has 1 atom stereocenters. The van der Waals surface area contributed by atoms with Gasteiger partial charge in [-0.25, -0.2) is 0 Å². The van der Waals surface area contributed by atoms with Gasteiger partial charge in [-0.3, -0.25) is 9.89 Å². The van der Waals surface area contributed by atoms with Gasteiger partial charge in [0.25, 0.3) is 0 Å². The van der Waals surface area contributed by atoms with Crippen molar-refractivity contribution in [3.63, 3.8) is 0 Å². The van der Waals surface area contributed by atoms with Gasteiger partial charge in [0, 0.05) is 44.7 Å². The molecule has 6 heteroatoms. The molecular formula is C20H31N5O. The summed E-state index contributed by atoms with van der Waals surface area (Å²) in [5, 5.41) is 4.55. The second kappa shape index (κ2) is 8.56. The van der Waals surface area contributed by atoms with Gasteiger partial charge in [-0.15, -0.1) is 0 Å². The topological polar surface area (TPSA) is 47.3 Å². The fraction of sp³-hybridized carbons (Fsp3) is 0.550. The Kier molecular flexibility index (Phi) is 6.16. The Hall–Kier alpha value is -2.05. The summed E-state index contributed by atoms with van der Waals surface area (Å²) in [7, 11) is 6.44. The zero-order chi connectivity index (χ0) is 18.5. The lowest BCUT2D eigenvalue weighted by atomic mass is 10.2. The van der Waals surface area contributed by atoms with Crippen LogP contribution in [-0.4, -0.2) is 80.6 Å². The Labute approximate surface area is 156 Å². The highest BCUT2D eigenvalue weighted by Gasteiger charge is 2.22. The minimum atomic E-state index is 0.460. The number of para-hydroxylation sites is 1. The van der Waals surface area contributed by atoms with Gasteiger partial charge >= 0.3 is 0 Å². The number of nitrogens with one attached hydrogen (secondary N) is 1. The number of hydrogen-bond donors (Lipinski definition) is 1. The van der Waals surface area contributed by atoms with E-state index in [4.69, 9.17) is 9.41 Å². The van der Waals surface area contributed by atoms with Crippen molar-refractivity contribution in [1.29, 1.82) is 0 Å². The van der Waals surface area contributed by atoms with E-state index in [0.717, 1.165) is 55.4 Å². The SMILES string of the molecule is CCNC(=NCC1CN(C)CCN1C)N(C)Cc1cc2ccccc2o1. The highest BCUT2D eigenvalue weighted by Crippen LogP contribution is 2.19. The van der Waals surface area contributed by atoms with E-state index in [2.05, 4.69) is 60.2 Å². The van der Waals surface area contributed by atoms with Crippen LogP contribution in [0.15, 0.2) is 39.7 Å². The molecule has 2 heterocycles. The van der Waals surface area contributed by atoms with E-state index in [-0.39, 0.29) is 0 Å². The van der Waals surface area contributed by atoms with Gasteiger partial charge in [-0.05, 0) is 33.2 Å². The molecular weight excluding hydrogens is 326 g/mol. The van der Waals surface area contributed by atoms with Crippen LogP contribution in [0.25, 0.3) is 11.0 Å². The first-order valence-electron chi connectivity index (χ1n) is 9.42. The molecule has 2 aromatic rings. The summed E-state index contributed by atoms with van der Waals surface area (Å²) in [5.74, 6) is 1.88. The Balaban J connectivity index is 1.67. The average molecular weight is 358 g/mol. The van der Waals surface area contributed by atoms with E-state index < -0.39 is 0 Å². The van der Waals surface area contributed by atoms with Crippen LogP contribution < -0.4 is 5.32 Å². The molecule has 1 aromatic carbocycles. The fourth-order valence-corrected chi connectivity index (χ4v) is 3.38. The molecule has 0 radical (unpaired) electrons. The highest BCUT2D eigenvalue weighted by molar-refractivity contribution is 5.80. The molecule has 1 fully saturated rings. The van der Waals surface area contributed by atoms with Gasteiger partial charge in [0.05, 0.1) is 13.1 Å². The zero-order valence-electron chi connectivity index (χ0n) is 16.4. The van der Waals surface area contributed by atoms with E-state index in [1.807, 2.05) is 18.2 Å². The van der Waals surface area contributed by atoms with Crippen molar-refractivity contribution < 1.29 is 4.42 Å². The van der Waals surface area contributed by atoms with Crippen molar-refractivity contribution in [2.24, 2.45) is 4.99 Å². The summed E-state index contributed by atoms with van der Waals surface area (Å²) in [5.41, 5.74) is 0.935. The third kappa shape index (κ3) is 4.56. The Morgan fingerprint density at radius 1 is 1.31 bits per heavy atom. The van der Waals surface area contributed by atoms with Gasteiger partial charge in [0.15, 0.2) is 5.96 Å². The minimum Gasteiger partial charge on any atom is -0.459 e. The lowest BCUT2D eigenvalue weighted by Crippen LogP contribution is -2.51. The number of likely N-dealkylation sites (N-methyl/N-ethyl adjacent to an activating group) is 2. The molecule has 3 rings (SSSR count). The predicted octanol–water partition coefficient (Wildman–Crippen LogP) is 2.08. The number of aliphatic imine (C=N–C) groups is 1. The van der Waals surface area contributed by atoms with Crippen LogP contribution in [0.1, 0.15) is 12.7 Å². The molecule has 1 aliphatic rings. The summed E-state index contributed by atoms with van der Waals surface area (Å²) in [6.07, 6.45) is 0. The molecule has 1 unspecified atom stereocenters. The summed E-state index contributed by atoms with van der Waals surface area (Å²) < 4.78 is 5.95. The van der Waals surface area contributed by atoms with Gasteiger partial charge in [-0.1, -0.05) is 18.2 Å². The van der Waals surface area contributed by atoms with E-state index in [9.17, 15) is 0 Å². The smallest absolute Gasteiger partial charge is 0.194 e. The van der Waals surface area contributed by atoms with Gasteiger partial charge in [0.1, 0.15) is 11.3 Å². The van der Waals surface area contributed by atoms with Crippen molar-refractivity contribution in [3.05, 3.63) is 36.1 Å². The molecule has 1 N–H and O–H groups in total. The molecule has 0 amide bonds. The lowest BCUT2D eigenvalue weighted by Gasteiger charge is -2.37. The molecule has 0 bridgehead atoms. The molecule has 26 heavy (non-hydrogen) atoms. The number of guanidine groups is 1. The second-order valence-electron chi connectivity index (χ2n) is 7.20. The van der Waals surface area contributed by atoms with Gasteiger partial charge < -0.3 is 19.5 Å². The summed E-state index contributed by atoms with van der Waals surface area (Å²) in [6.45, 7) is 7.74. The monoisotopic (exact) mass is 357 g/mol. The minimum absolute atomic E-state index is 0.460. The van der Waals surface area contributed by atoms with Gasteiger partial charge in [-0.2, -0.15) is 0 Å². The highest BCUT2D eigenvalue weighted by atomic mass is 16.3. The quantitative estimate of drug-likeness (QED) is 0.656. The second-order valence-corrected chi connectivity index (χ2v) is 7.20. The van der Waals surface area contributed by atoms with Crippen LogP contribution in [-0.2, 0) is 6.54 Å². The largest absolute Gasteiger partial charge is 0.459 e. The van der Waals surface area contributed by atoms with Crippen LogP contribution in [0.4, 0.5) is 0 Å².